The normalized spacial score (nSPS) is 19.7. The van der Waals surface area contributed by atoms with Crippen LogP contribution >= 0.6 is 0 Å². The molecule has 1 atom stereocenters. The number of hydrogen-bond acceptors (Lipinski definition) is 5. The van der Waals surface area contributed by atoms with Crippen molar-refractivity contribution in [3.63, 3.8) is 0 Å². The van der Waals surface area contributed by atoms with E-state index in [0.717, 1.165) is 25.3 Å². The van der Waals surface area contributed by atoms with Gasteiger partial charge in [-0.2, -0.15) is 0 Å². The fourth-order valence-electron chi connectivity index (χ4n) is 2.19. The van der Waals surface area contributed by atoms with Crippen LogP contribution < -0.4 is 15.5 Å². The Morgan fingerprint density at radius 2 is 2.33 bits per heavy atom. The lowest BCUT2D eigenvalue weighted by molar-refractivity contribution is -0.114. The van der Waals surface area contributed by atoms with Crippen LogP contribution in [0.25, 0.3) is 0 Å². The van der Waals surface area contributed by atoms with Crippen LogP contribution in [0.1, 0.15) is 19.8 Å². The first-order chi connectivity index (χ1) is 8.69. The minimum atomic E-state index is -0.119. The molecule has 1 aromatic rings. The molecule has 1 aliphatic heterocycles. The Hall–Kier alpha value is -1.69. The summed E-state index contributed by atoms with van der Waals surface area (Å²) >= 11 is 0. The van der Waals surface area contributed by atoms with Crippen LogP contribution in [0.2, 0.25) is 0 Å². The zero-order valence-corrected chi connectivity index (χ0v) is 10.8. The van der Waals surface area contributed by atoms with Gasteiger partial charge in [0.25, 0.3) is 0 Å². The molecule has 2 heterocycles. The third-order valence-electron chi connectivity index (χ3n) is 3.11. The molecule has 0 aliphatic carbocycles. The van der Waals surface area contributed by atoms with Gasteiger partial charge in [0.2, 0.25) is 5.91 Å². The highest BCUT2D eigenvalue weighted by molar-refractivity contribution is 5.87. The average molecular weight is 249 g/mol. The lowest BCUT2D eigenvalue weighted by Crippen LogP contribution is -2.44. The predicted molar refractivity (Wildman–Crippen MR) is 70.6 cm³/mol. The number of carbonyl (C=O) groups is 1. The molecule has 0 aromatic carbocycles. The maximum Gasteiger partial charge on any atom is 0.222 e. The topological polar surface area (TPSA) is 70.2 Å². The van der Waals surface area contributed by atoms with Gasteiger partial charge in [0, 0.05) is 32.1 Å². The SMILES string of the molecule is CNC1CCCN(c2cc(NC(C)=O)ncn2)C1. The van der Waals surface area contributed by atoms with Gasteiger partial charge >= 0.3 is 0 Å². The Labute approximate surface area is 107 Å². The van der Waals surface area contributed by atoms with Gasteiger partial charge in [-0.15, -0.1) is 0 Å². The van der Waals surface area contributed by atoms with Gasteiger partial charge < -0.3 is 15.5 Å². The lowest BCUT2D eigenvalue weighted by Gasteiger charge is -2.33. The van der Waals surface area contributed by atoms with Crippen molar-refractivity contribution in [2.45, 2.75) is 25.8 Å². The van der Waals surface area contributed by atoms with Gasteiger partial charge in [0.15, 0.2) is 0 Å². The molecule has 98 valence electrons. The monoisotopic (exact) mass is 249 g/mol. The number of nitrogens with zero attached hydrogens (tertiary/aromatic N) is 3. The van der Waals surface area contributed by atoms with Crippen LogP contribution in [0.3, 0.4) is 0 Å². The number of likely N-dealkylation sites (N-methyl/N-ethyl adjacent to an activating group) is 1. The van der Waals surface area contributed by atoms with Crippen molar-refractivity contribution in [3.05, 3.63) is 12.4 Å². The van der Waals surface area contributed by atoms with Crippen LogP contribution in [-0.2, 0) is 4.79 Å². The standard InChI is InChI=1S/C12H19N5O/c1-9(18)16-11-6-12(15-8-14-11)17-5-3-4-10(7-17)13-2/h6,8,10,13H,3-5,7H2,1-2H3,(H,14,15,16,18). The fourth-order valence-corrected chi connectivity index (χ4v) is 2.19. The Morgan fingerprint density at radius 3 is 3.06 bits per heavy atom. The number of aromatic nitrogens is 2. The van der Waals surface area contributed by atoms with Gasteiger partial charge in [0.05, 0.1) is 0 Å². The van der Waals surface area contributed by atoms with Crippen LogP contribution in [-0.4, -0.2) is 42.1 Å². The third kappa shape index (κ3) is 3.16. The maximum absolute atomic E-state index is 11.0. The van der Waals surface area contributed by atoms with Crippen molar-refractivity contribution in [1.82, 2.24) is 15.3 Å². The summed E-state index contributed by atoms with van der Waals surface area (Å²) in [4.78, 5) is 21.5. The van der Waals surface area contributed by atoms with Crippen LogP contribution in [0.5, 0.6) is 0 Å². The van der Waals surface area contributed by atoms with E-state index in [2.05, 4.69) is 25.5 Å². The molecule has 18 heavy (non-hydrogen) atoms. The Balaban J connectivity index is 2.09. The summed E-state index contributed by atoms with van der Waals surface area (Å²) in [6.07, 6.45) is 3.82. The molecule has 1 aromatic heterocycles. The van der Waals surface area contributed by atoms with Crippen molar-refractivity contribution in [2.75, 3.05) is 30.4 Å². The summed E-state index contributed by atoms with van der Waals surface area (Å²) in [5.41, 5.74) is 0. The maximum atomic E-state index is 11.0. The fraction of sp³-hybridized carbons (Fsp3) is 0.583. The highest BCUT2D eigenvalue weighted by Gasteiger charge is 2.19. The first kappa shape index (κ1) is 12.8. The molecule has 2 rings (SSSR count). The van der Waals surface area contributed by atoms with Crippen molar-refractivity contribution in [3.8, 4) is 0 Å². The van der Waals surface area contributed by atoms with E-state index in [1.165, 1.54) is 19.7 Å². The quantitative estimate of drug-likeness (QED) is 0.822. The summed E-state index contributed by atoms with van der Waals surface area (Å²) in [7, 11) is 1.98. The molecule has 2 N–H and O–H groups in total. The number of anilines is 2. The van der Waals surface area contributed by atoms with Gasteiger partial charge in [0.1, 0.15) is 18.0 Å². The molecule has 0 spiro atoms. The van der Waals surface area contributed by atoms with Gasteiger partial charge in [-0.3, -0.25) is 4.79 Å². The lowest BCUT2D eigenvalue weighted by atomic mass is 10.1. The molecule has 1 amide bonds. The number of rotatable bonds is 3. The van der Waals surface area contributed by atoms with Crippen molar-refractivity contribution >= 4 is 17.5 Å². The largest absolute Gasteiger partial charge is 0.355 e. The highest BCUT2D eigenvalue weighted by Crippen LogP contribution is 2.19. The predicted octanol–water partition coefficient (Wildman–Crippen LogP) is 0.623. The Kier molecular flexibility index (Phi) is 4.09. The molecule has 1 aliphatic rings. The molecule has 0 bridgehead atoms. The average Bonchev–Trinajstić information content (AvgIpc) is 2.38. The number of hydrogen-bond donors (Lipinski definition) is 2. The third-order valence-corrected chi connectivity index (χ3v) is 3.11. The zero-order valence-electron chi connectivity index (χ0n) is 10.8. The van der Waals surface area contributed by atoms with Crippen molar-refractivity contribution < 1.29 is 4.79 Å². The number of piperidine rings is 1. The van der Waals surface area contributed by atoms with E-state index in [-0.39, 0.29) is 5.91 Å². The molecular weight excluding hydrogens is 230 g/mol. The summed E-state index contributed by atoms with van der Waals surface area (Å²) in [6, 6.07) is 2.32. The Bertz CT molecular complexity index is 423. The van der Waals surface area contributed by atoms with Crippen LogP contribution in [0.15, 0.2) is 12.4 Å². The summed E-state index contributed by atoms with van der Waals surface area (Å²) in [5.74, 6) is 1.30. The van der Waals surface area contributed by atoms with E-state index in [1.54, 1.807) is 0 Å². The second kappa shape index (κ2) is 5.77. The van der Waals surface area contributed by atoms with Crippen LogP contribution in [0.4, 0.5) is 11.6 Å². The molecule has 6 heteroatoms. The molecule has 0 saturated carbocycles. The van der Waals surface area contributed by atoms with E-state index >= 15 is 0 Å². The van der Waals surface area contributed by atoms with Crippen LogP contribution in [0, 0.1) is 0 Å². The summed E-state index contributed by atoms with van der Waals surface area (Å²) < 4.78 is 0. The molecule has 6 nitrogen and oxygen atoms in total. The molecule has 1 unspecified atom stereocenters. The van der Waals surface area contributed by atoms with E-state index in [1.807, 2.05) is 13.1 Å². The van der Waals surface area contributed by atoms with E-state index in [0.29, 0.717) is 11.9 Å². The second-order valence-electron chi connectivity index (χ2n) is 4.52. The smallest absolute Gasteiger partial charge is 0.222 e. The summed E-state index contributed by atoms with van der Waals surface area (Å²) in [6.45, 7) is 3.40. The van der Waals surface area contributed by atoms with E-state index < -0.39 is 0 Å². The number of carbonyl (C=O) groups excluding carboxylic acids is 1. The highest BCUT2D eigenvalue weighted by atomic mass is 16.1. The summed E-state index contributed by atoms with van der Waals surface area (Å²) in [5, 5.41) is 5.97. The first-order valence-corrected chi connectivity index (χ1v) is 6.21. The molecule has 1 saturated heterocycles. The van der Waals surface area contributed by atoms with Gasteiger partial charge in [-0.1, -0.05) is 0 Å². The molecular formula is C12H19N5O. The Morgan fingerprint density at radius 1 is 1.50 bits per heavy atom. The molecule has 0 radical (unpaired) electrons. The van der Waals surface area contributed by atoms with Gasteiger partial charge in [-0.25, -0.2) is 9.97 Å². The minimum absolute atomic E-state index is 0.119. The van der Waals surface area contributed by atoms with E-state index in [9.17, 15) is 4.79 Å². The first-order valence-electron chi connectivity index (χ1n) is 6.21. The zero-order chi connectivity index (χ0) is 13.0. The number of amides is 1. The molecule has 1 fully saturated rings. The van der Waals surface area contributed by atoms with E-state index in [4.69, 9.17) is 0 Å². The van der Waals surface area contributed by atoms with Crippen molar-refractivity contribution in [2.24, 2.45) is 0 Å². The second-order valence-corrected chi connectivity index (χ2v) is 4.52. The number of nitrogens with one attached hydrogen (secondary N) is 2. The van der Waals surface area contributed by atoms with Crippen molar-refractivity contribution in [1.29, 1.82) is 0 Å². The minimum Gasteiger partial charge on any atom is -0.355 e. The van der Waals surface area contributed by atoms with Gasteiger partial charge in [-0.05, 0) is 19.9 Å².